The molecule has 0 aliphatic carbocycles. The van der Waals surface area contributed by atoms with E-state index in [9.17, 15) is 4.79 Å². The maximum atomic E-state index is 13.3. The van der Waals surface area contributed by atoms with Crippen LogP contribution in [0, 0.1) is 0 Å². The molecular formula is C24H23N3O. The molecule has 0 saturated heterocycles. The van der Waals surface area contributed by atoms with Crippen molar-refractivity contribution in [3.8, 4) is 0 Å². The van der Waals surface area contributed by atoms with Crippen LogP contribution in [0.2, 0.25) is 0 Å². The number of anilines is 2. The molecule has 0 saturated carbocycles. The van der Waals surface area contributed by atoms with Gasteiger partial charge >= 0.3 is 0 Å². The monoisotopic (exact) mass is 369 g/mol. The Morgan fingerprint density at radius 1 is 1.00 bits per heavy atom. The second kappa shape index (κ2) is 6.79. The minimum atomic E-state index is -0.0169. The van der Waals surface area contributed by atoms with Gasteiger partial charge in [0.25, 0.3) is 5.91 Å². The van der Waals surface area contributed by atoms with Crippen molar-refractivity contribution in [1.29, 1.82) is 0 Å². The predicted molar refractivity (Wildman–Crippen MR) is 112 cm³/mol. The third-order valence-corrected chi connectivity index (χ3v) is 5.88. The summed E-state index contributed by atoms with van der Waals surface area (Å²) in [5, 5.41) is 0. The second-order valence-electron chi connectivity index (χ2n) is 7.70. The molecule has 1 amide bonds. The van der Waals surface area contributed by atoms with Gasteiger partial charge in [-0.2, -0.15) is 0 Å². The first kappa shape index (κ1) is 17.0. The zero-order chi connectivity index (χ0) is 19.1. The molecule has 140 valence electrons. The normalized spacial score (nSPS) is 18.0. The molecule has 0 fully saturated rings. The third kappa shape index (κ3) is 2.85. The Balaban J connectivity index is 1.43. The number of hydrogen-bond acceptors (Lipinski definition) is 3. The lowest BCUT2D eigenvalue weighted by atomic mass is 9.99. The molecule has 5 rings (SSSR count). The predicted octanol–water partition coefficient (Wildman–Crippen LogP) is 4.24. The van der Waals surface area contributed by atoms with Crippen molar-refractivity contribution < 1.29 is 4.79 Å². The number of nitrogens with zero attached hydrogens (tertiary/aromatic N) is 3. The Hall–Kier alpha value is -3.14. The van der Waals surface area contributed by atoms with Crippen molar-refractivity contribution in [3.63, 3.8) is 0 Å². The van der Waals surface area contributed by atoms with Gasteiger partial charge in [0.15, 0.2) is 0 Å². The molecule has 3 aromatic rings. The summed E-state index contributed by atoms with van der Waals surface area (Å²) in [6.45, 7) is 3.93. The molecule has 1 atom stereocenters. The van der Waals surface area contributed by atoms with Crippen LogP contribution in [0.1, 0.15) is 34.1 Å². The fraction of sp³-hybridized carbons (Fsp3) is 0.250. The number of benzene rings is 2. The number of amides is 1. The van der Waals surface area contributed by atoms with Gasteiger partial charge in [0.1, 0.15) is 5.69 Å². The summed E-state index contributed by atoms with van der Waals surface area (Å²) in [4.78, 5) is 21.9. The molecule has 2 aromatic carbocycles. The van der Waals surface area contributed by atoms with Gasteiger partial charge in [-0.1, -0.05) is 42.5 Å². The van der Waals surface area contributed by atoms with E-state index >= 15 is 0 Å². The van der Waals surface area contributed by atoms with Crippen molar-refractivity contribution in [1.82, 2.24) is 4.98 Å². The smallest absolute Gasteiger partial charge is 0.277 e. The van der Waals surface area contributed by atoms with Gasteiger partial charge in [-0.3, -0.25) is 9.78 Å². The van der Waals surface area contributed by atoms with E-state index in [2.05, 4.69) is 47.1 Å². The van der Waals surface area contributed by atoms with E-state index in [0.29, 0.717) is 5.69 Å². The van der Waals surface area contributed by atoms with Gasteiger partial charge in [0.2, 0.25) is 0 Å². The Morgan fingerprint density at radius 3 is 2.61 bits per heavy atom. The number of para-hydroxylation sites is 1. The van der Waals surface area contributed by atoms with Gasteiger partial charge in [-0.05, 0) is 54.7 Å². The SMILES string of the molecule is CC1Cc2ccccc2N1C(=O)c1cc(N2CCc3ccccc3C2)ccn1. The maximum absolute atomic E-state index is 13.3. The number of hydrogen-bond donors (Lipinski definition) is 0. The molecule has 0 bridgehead atoms. The molecule has 28 heavy (non-hydrogen) atoms. The summed E-state index contributed by atoms with van der Waals surface area (Å²) < 4.78 is 0. The van der Waals surface area contributed by atoms with E-state index in [1.807, 2.05) is 35.2 Å². The zero-order valence-electron chi connectivity index (χ0n) is 16.0. The second-order valence-corrected chi connectivity index (χ2v) is 7.70. The van der Waals surface area contributed by atoms with Crippen LogP contribution in [0.3, 0.4) is 0 Å². The molecule has 0 N–H and O–H groups in total. The van der Waals surface area contributed by atoms with Crippen LogP contribution in [0.25, 0.3) is 0 Å². The van der Waals surface area contributed by atoms with Crippen molar-refractivity contribution >= 4 is 17.3 Å². The topological polar surface area (TPSA) is 36.4 Å². The fourth-order valence-corrected chi connectivity index (χ4v) is 4.45. The van der Waals surface area contributed by atoms with E-state index in [1.54, 1.807) is 6.20 Å². The molecule has 3 heterocycles. The van der Waals surface area contributed by atoms with E-state index in [4.69, 9.17) is 0 Å². The summed E-state index contributed by atoms with van der Waals surface area (Å²) in [7, 11) is 0. The highest BCUT2D eigenvalue weighted by molar-refractivity contribution is 6.07. The molecule has 2 aliphatic rings. The molecule has 1 unspecified atom stereocenters. The maximum Gasteiger partial charge on any atom is 0.277 e. The largest absolute Gasteiger partial charge is 0.367 e. The third-order valence-electron chi connectivity index (χ3n) is 5.88. The molecule has 4 nitrogen and oxygen atoms in total. The fourth-order valence-electron chi connectivity index (χ4n) is 4.45. The highest BCUT2D eigenvalue weighted by atomic mass is 16.2. The van der Waals surface area contributed by atoms with Crippen LogP contribution < -0.4 is 9.80 Å². The van der Waals surface area contributed by atoms with Gasteiger partial charge < -0.3 is 9.80 Å². The van der Waals surface area contributed by atoms with Gasteiger partial charge in [-0.15, -0.1) is 0 Å². The quantitative estimate of drug-likeness (QED) is 0.678. The Kier molecular flexibility index (Phi) is 4.12. The van der Waals surface area contributed by atoms with Crippen molar-refractivity contribution in [2.45, 2.75) is 32.4 Å². The number of pyridine rings is 1. The number of aromatic nitrogens is 1. The number of rotatable bonds is 2. The summed E-state index contributed by atoms with van der Waals surface area (Å²) >= 11 is 0. The highest BCUT2D eigenvalue weighted by Gasteiger charge is 2.32. The average molecular weight is 369 g/mol. The average Bonchev–Trinajstić information content (AvgIpc) is 3.08. The van der Waals surface area contributed by atoms with Crippen LogP contribution >= 0.6 is 0 Å². The zero-order valence-corrected chi connectivity index (χ0v) is 16.0. The van der Waals surface area contributed by atoms with E-state index in [-0.39, 0.29) is 11.9 Å². The summed E-state index contributed by atoms with van der Waals surface area (Å²) in [6.07, 6.45) is 3.68. The lowest BCUT2D eigenvalue weighted by Gasteiger charge is -2.31. The highest BCUT2D eigenvalue weighted by Crippen LogP contribution is 2.33. The molecule has 4 heteroatoms. The van der Waals surface area contributed by atoms with Gasteiger partial charge in [-0.25, -0.2) is 0 Å². The minimum absolute atomic E-state index is 0.0169. The lowest BCUT2D eigenvalue weighted by Crippen LogP contribution is -2.36. The first-order chi connectivity index (χ1) is 13.7. The van der Waals surface area contributed by atoms with Crippen LogP contribution in [-0.4, -0.2) is 23.5 Å². The number of carbonyl (C=O) groups is 1. The minimum Gasteiger partial charge on any atom is -0.367 e. The molecule has 2 aliphatic heterocycles. The molecule has 0 spiro atoms. The van der Waals surface area contributed by atoms with E-state index in [0.717, 1.165) is 37.3 Å². The molecule has 0 radical (unpaired) electrons. The Labute approximate surface area is 165 Å². The van der Waals surface area contributed by atoms with Crippen molar-refractivity contribution in [3.05, 3.63) is 89.2 Å². The summed E-state index contributed by atoms with van der Waals surface area (Å²) in [5.41, 5.74) is 6.60. The molecular weight excluding hydrogens is 346 g/mol. The van der Waals surface area contributed by atoms with Crippen LogP contribution in [0.5, 0.6) is 0 Å². The van der Waals surface area contributed by atoms with Gasteiger partial charge in [0, 0.05) is 36.7 Å². The number of carbonyl (C=O) groups excluding carboxylic acids is 1. The van der Waals surface area contributed by atoms with E-state index in [1.165, 1.54) is 16.7 Å². The van der Waals surface area contributed by atoms with Crippen molar-refractivity contribution in [2.75, 3.05) is 16.3 Å². The van der Waals surface area contributed by atoms with Crippen LogP contribution in [-0.2, 0) is 19.4 Å². The Morgan fingerprint density at radius 2 is 1.75 bits per heavy atom. The first-order valence-corrected chi connectivity index (χ1v) is 9.90. The number of fused-ring (bicyclic) bond motifs is 2. The standard InChI is InChI=1S/C24H23N3O/c1-17-14-19-7-4-5-9-23(19)27(17)24(28)22-15-21(10-12-25-22)26-13-11-18-6-2-3-8-20(18)16-26/h2-10,12,15,17H,11,13-14,16H2,1H3. The molecule has 1 aromatic heterocycles. The first-order valence-electron chi connectivity index (χ1n) is 9.90. The van der Waals surface area contributed by atoms with Crippen LogP contribution in [0.15, 0.2) is 66.9 Å². The van der Waals surface area contributed by atoms with Gasteiger partial charge in [0.05, 0.1) is 0 Å². The summed E-state index contributed by atoms with van der Waals surface area (Å²) in [5.74, 6) is -0.0169. The van der Waals surface area contributed by atoms with E-state index < -0.39 is 0 Å². The van der Waals surface area contributed by atoms with Crippen LogP contribution in [0.4, 0.5) is 11.4 Å². The Bertz CT molecular complexity index is 1050. The van der Waals surface area contributed by atoms with Crippen molar-refractivity contribution in [2.24, 2.45) is 0 Å². The lowest BCUT2D eigenvalue weighted by molar-refractivity contribution is 0.0976. The summed E-state index contributed by atoms with van der Waals surface area (Å²) in [6, 6.07) is 20.9.